The number of carboxylic acid groups (broad SMARTS) is 1. The largest absolute Gasteiger partial charge is 0.481 e. The third kappa shape index (κ3) is 2.77. The lowest BCUT2D eigenvalue weighted by Crippen LogP contribution is -2.47. The molecule has 3 rings (SSSR count). The second-order valence-electron chi connectivity index (χ2n) is 5.97. The first kappa shape index (κ1) is 16.5. The van der Waals surface area contributed by atoms with Crippen molar-refractivity contribution in [2.24, 2.45) is 5.41 Å². The van der Waals surface area contributed by atoms with Gasteiger partial charge in [0.05, 0.1) is 11.9 Å². The van der Waals surface area contributed by atoms with Gasteiger partial charge in [0.15, 0.2) is 5.41 Å². The molecule has 8 heteroatoms. The number of nitrogens with one attached hydrogen (secondary N) is 1. The Morgan fingerprint density at radius 1 is 1.33 bits per heavy atom. The van der Waals surface area contributed by atoms with Crippen LogP contribution in [0.5, 0.6) is 0 Å². The number of halogens is 3. The molecule has 2 aromatic rings. The van der Waals surface area contributed by atoms with Crippen LogP contribution in [0.2, 0.25) is 0 Å². The summed E-state index contributed by atoms with van der Waals surface area (Å²) >= 11 is 0. The highest BCUT2D eigenvalue weighted by molar-refractivity contribution is 5.76. The molecule has 2 heterocycles. The number of aliphatic carboxylic acids is 1. The van der Waals surface area contributed by atoms with E-state index in [1.165, 1.54) is 4.90 Å². The number of aromatic nitrogens is 2. The summed E-state index contributed by atoms with van der Waals surface area (Å²) in [5.41, 5.74) is -0.319. The number of benzene rings is 1. The van der Waals surface area contributed by atoms with Crippen molar-refractivity contribution in [3.63, 3.8) is 0 Å². The molecule has 0 saturated carbocycles. The van der Waals surface area contributed by atoms with Crippen LogP contribution in [0.3, 0.4) is 0 Å². The van der Waals surface area contributed by atoms with E-state index in [4.69, 9.17) is 5.11 Å². The lowest BCUT2D eigenvalue weighted by atomic mass is 9.86. The molecule has 1 atom stereocenters. The molecule has 0 bridgehead atoms. The van der Waals surface area contributed by atoms with Gasteiger partial charge in [-0.3, -0.25) is 14.8 Å². The van der Waals surface area contributed by atoms with Crippen molar-refractivity contribution in [3.05, 3.63) is 42.2 Å². The number of hydrogen-bond donors (Lipinski definition) is 2. The predicted octanol–water partition coefficient (Wildman–Crippen LogP) is 2.92. The highest BCUT2D eigenvalue weighted by Gasteiger charge is 2.63. The minimum absolute atomic E-state index is 0.0685. The summed E-state index contributed by atoms with van der Waals surface area (Å²) in [5.74, 6) is -1.81. The van der Waals surface area contributed by atoms with Crippen molar-refractivity contribution in [1.82, 2.24) is 15.1 Å². The number of hydrogen-bond acceptors (Lipinski definition) is 3. The molecular formula is C16H16F3N3O2. The Bertz CT molecular complexity index is 730. The molecule has 0 aliphatic carbocycles. The number of carboxylic acids is 1. The molecule has 0 spiro atoms. The van der Waals surface area contributed by atoms with Crippen molar-refractivity contribution < 1.29 is 23.1 Å². The van der Waals surface area contributed by atoms with Gasteiger partial charge >= 0.3 is 12.1 Å². The first-order valence-corrected chi connectivity index (χ1v) is 7.44. The van der Waals surface area contributed by atoms with Crippen LogP contribution in [0, 0.1) is 5.41 Å². The van der Waals surface area contributed by atoms with Gasteiger partial charge < -0.3 is 5.11 Å². The molecule has 1 aliphatic rings. The van der Waals surface area contributed by atoms with E-state index in [9.17, 15) is 18.0 Å². The Morgan fingerprint density at radius 2 is 2.04 bits per heavy atom. The summed E-state index contributed by atoms with van der Waals surface area (Å²) in [6.45, 7) is -0.298. The minimum Gasteiger partial charge on any atom is -0.481 e. The summed E-state index contributed by atoms with van der Waals surface area (Å²) in [6.07, 6.45) is -3.60. The van der Waals surface area contributed by atoms with Crippen LogP contribution < -0.4 is 0 Å². The topological polar surface area (TPSA) is 69.2 Å². The summed E-state index contributed by atoms with van der Waals surface area (Å²) in [6, 6.07) is 9.36. The predicted molar refractivity (Wildman–Crippen MR) is 80.0 cm³/mol. The zero-order valence-corrected chi connectivity index (χ0v) is 12.7. The lowest BCUT2D eigenvalue weighted by Gasteiger charge is -2.27. The average Bonchev–Trinajstić information content (AvgIpc) is 3.15. The molecule has 1 aromatic carbocycles. The van der Waals surface area contributed by atoms with Gasteiger partial charge in [-0.25, -0.2) is 0 Å². The van der Waals surface area contributed by atoms with Gasteiger partial charge in [0, 0.05) is 25.2 Å². The fourth-order valence-corrected chi connectivity index (χ4v) is 3.07. The van der Waals surface area contributed by atoms with E-state index in [0.717, 1.165) is 11.1 Å². The monoisotopic (exact) mass is 339 g/mol. The van der Waals surface area contributed by atoms with Crippen molar-refractivity contribution in [2.75, 3.05) is 13.1 Å². The second-order valence-corrected chi connectivity index (χ2v) is 5.97. The third-order valence-electron chi connectivity index (χ3n) is 4.49. The maximum absolute atomic E-state index is 13.2. The van der Waals surface area contributed by atoms with Crippen molar-refractivity contribution in [1.29, 1.82) is 0 Å². The number of H-pyrrole nitrogens is 1. The quantitative estimate of drug-likeness (QED) is 0.899. The number of rotatable bonds is 4. The van der Waals surface area contributed by atoms with Crippen LogP contribution in [0.25, 0.3) is 11.1 Å². The molecule has 1 fully saturated rings. The van der Waals surface area contributed by atoms with Gasteiger partial charge in [0.1, 0.15) is 0 Å². The zero-order chi connectivity index (χ0) is 17.4. The van der Waals surface area contributed by atoms with Crippen LogP contribution in [-0.4, -0.2) is 45.4 Å². The van der Waals surface area contributed by atoms with Crippen LogP contribution >= 0.6 is 0 Å². The smallest absolute Gasteiger partial charge is 0.406 e. The summed E-state index contributed by atoms with van der Waals surface area (Å²) in [5, 5.41) is 15.9. The van der Waals surface area contributed by atoms with E-state index in [1.54, 1.807) is 6.20 Å². The van der Waals surface area contributed by atoms with E-state index in [0.29, 0.717) is 5.69 Å². The Morgan fingerprint density at radius 3 is 2.62 bits per heavy atom. The molecule has 0 radical (unpaired) electrons. The van der Waals surface area contributed by atoms with Gasteiger partial charge in [0.2, 0.25) is 0 Å². The van der Waals surface area contributed by atoms with Crippen molar-refractivity contribution in [2.45, 2.75) is 19.1 Å². The minimum atomic E-state index is -4.77. The van der Waals surface area contributed by atoms with E-state index >= 15 is 0 Å². The normalized spacial score (nSPS) is 22.0. The molecular weight excluding hydrogens is 323 g/mol. The molecule has 1 unspecified atom stereocenters. The molecule has 0 amide bonds. The molecule has 1 saturated heterocycles. The van der Waals surface area contributed by atoms with E-state index < -0.39 is 30.5 Å². The Hall–Kier alpha value is -2.35. The summed E-state index contributed by atoms with van der Waals surface area (Å²) in [7, 11) is 0. The fourth-order valence-electron chi connectivity index (χ4n) is 3.07. The Kier molecular flexibility index (Phi) is 4.08. The molecule has 1 aromatic heterocycles. The van der Waals surface area contributed by atoms with Crippen molar-refractivity contribution in [3.8, 4) is 11.1 Å². The number of likely N-dealkylation sites (tertiary alicyclic amines) is 1. The van der Waals surface area contributed by atoms with E-state index in [2.05, 4.69) is 10.2 Å². The molecule has 128 valence electrons. The maximum atomic E-state index is 13.2. The second kappa shape index (κ2) is 5.94. The maximum Gasteiger partial charge on any atom is 0.406 e. The summed E-state index contributed by atoms with van der Waals surface area (Å²) < 4.78 is 39.7. The van der Waals surface area contributed by atoms with Crippen LogP contribution in [0.1, 0.15) is 12.1 Å². The Labute approximate surface area is 136 Å². The molecule has 24 heavy (non-hydrogen) atoms. The number of nitrogens with zero attached hydrogens (tertiary/aromatic N) is 2. The van der Waals surface area contributed by atoms with E-state index in [-0.39, 0.29) is 13.1 Å². The SMILES string of the molecule is O=C(O)C1(C(F)(F)F)CCN(Cc2[nH]ncc2-c2ccccc2)C1. The summed E-state index contributed by atoms with van der Waals surface area (Å²) in [4.78, 5) is 12.7. The van der Waals surface area contributed by atoms with Gasteiger partial charge in [0.25, 0.3) is 0 Å². The number of aromatic amines is 1. The molecule has 5 nitrogen and oxygen atoms in total. The fraction of sp³-hybridized carbons (Fsp3) is 0.375. The van der Waals surface area contributed by atoms with Crippen molar-refractivity contribution >= 4 is 5.97 Å². The first-order chi connectivity index (χ1) is 11.3. The zero-order valence-electron chi connectivity index (χ0n) is 12.7. The van der Waals surface area contributed by atoms with E-state index in [1.807, 2.05) is 30.3 Å². The third-order valence-corrected chi connectivity index (χ3v) is 4.49. The number of alkyl halides is 3. The highest BCUT2D eigenvalue weighted by Crippen LogP contribution is 2.46. The highest BCUT2D eigenvalue weighted by atomic mass is 19.4. The van der Waals surface area contributed by atoms with Gasteiger partial charge in [-0.2, -0.15) is 18.3 Å². The Balaban J connectivity index is 1.80. The van der Waals surface area contributed by atoms with Gasteiger partial charge in [-0.15, -0.1) is 0 Å². The number of carbonyl (C=O) groups is 1. The standard InChI is InChI=1S/C16H16F3N3O2/c17-16(18,19)15(14(23)24)6-7-22(10-15)9-13-12(8-20-21-13)11-4-2-1-3-5-11/h1-5,8H,6-7,9-10H2,(H,20,21)(H,23,24). The van der Waals surface area contributed by atoms with Gasteiger partial charge in [-0.05, 0) is 12.0 Å². The molecule has 2 N–H and O–H groups in total. The lowest BCUT2D eigenvalue weighted by molar-refractivity contribution is -0.227. The van der Waals surface area contributed by atoms with Crippen LogP contribution in [0.4, 0.5) is 13.2 Å². The average molecular weight is 339 g/mol. The van der Waals surface area contributed by atoms with Gasteiger partial charge in [-0.1, -0.05) is 30.3 Å². The first-order valence-electron chi connectivity index (χ1n) is 7.44. The van der Waals surface area contributed by atoms with Crippen LogP contribution in [-0.2, 0) is 11.3 Å². The van der Waals surface area contributed by atoms with Crippen LogP contribution in [0.15, 0.2) is 36.5 Å². The molecule has 1 aliphatic heterocycles.